The van der Waals surface area contributed by atoms with E-state index >= 15 is 0 Å². The number of aromatic nitrogens is 2. The van der Waals surface area contributed by atoms with Gasteiger partial charge in [-0.1, -0.05) is 26.0 Å². The van der Waals surface area contributed by atoms with Gasteiger partial charge in [-0.05, 0) is 43.9 Å². The van der Waals surface area contributed by atoms with Crippen molar-refractivity contribution < 1.29 is 0 Å². The smallest absolute Gasteiger partial charge is 0.0650 e. The zero-order valence-corrected chi connectivity index (χ0v) is 12.0. The van der Waals surface area contributed by atoms with Gasteiger partial charge in [-0.2, -0.15) is 5.10 Å². The lowest BCUT2D eigenvalue weighted by Gasteiger charge is -2.16. The van der Waals surface area contributed by atoms with Crippen LogP contribution in [0.5, 0.6) is 0 Å². The molecule has 0 saturated carbocycles. The van der Waals surface area contributed by atoms with Crippen molar-refractivity contribution in [2.24, 2.45) is 5.92 Å². The molecular formula is C16H23N3. The van der Waals surface area contributed by atoms with Crippen LogP contribution in [0.15, 0.2) is 36.5 Å². The van der Waals surface area contributed by atoms with Crippen LogP contribution < -0.4 is 5.32 Å². The van der Waals surface area contributed by atoms with Gasteiger partial charge in [0, 0.05) is 23.5 Å². The minimum absolute atomic E-state index is 0.499. The molecule has 0 saturated heterocycles. The first-order valence-electron chi connectivity index (χ1n) is 7.01. The highest BCUT2D eigenvalue weighted by molar-refractivity contribution is 5.64. The molecule has 0 fully saturated rings. The minimum Gasteiger partial charge on any atom is -0.383 e. The summed E-state index contributed by atoms with van der Waals surface area (Å²) < 4.78 is 0. The summed E-state index contributed by atoms with van der Waals surface area (Å²) in [5.41, 5.74) is 3.39. The largest absolute Gasteiger partial charge is 0.383 e. The molecule has 3 nitrogen and oxygen atoms in total. The van der Waals surface area contributed by atoms with Crippen LogP contribution >= 0.6 is 0 Å². The van der Waals surface area contributed by atoms with E-state index in [4.69, 9.17) is 0 Å². The Labute approximate surface area is 115 Å². The molecule has 1 heterocycles. The number of aromatic amines is 1. The van der Waals surface area contributed by atoms with Crippen molar-refractivity contribution in [1.29, 1.82) is 0 Å². The van der Waals surface area contributed by atoms with Crippen LogP contribution in [0.3, 0.4) is 0 Å². The summed E-state index contributed by atoms with van der Waals surface area (Å²) in [5, 5.41) is 10.6. The van der Waals surface area contributed by atoms with Crippen molar-refractivity contribution in [3.63, 3.8) is 0 Å². The maximum Gasteiger partial charge on any atom is 0.0650 e. The zero-order valence-electron chi connectivity index (χ0n) is 12.0. The van der Waals surface area contributed by atoms with Crippen LogP contribution in [-0.4, -0.2) is 16.2 Å². The molecule has 2 rings (SSSR count). The molecule has 1 aromatic carbocycles. The summed E-state index contributed by atoms with van der Waals surface area (Å²) in [5.74, 6) is 0.764. The van der Waals surface area contributed by atoms with E-state index in [-0.39, 0.29) is 0 Å². The number of H-pyrrole nitrogens is 1. The molecule has 0 aliphatic rings. The summed E-state index contributed by atoms with van der Waals surface area (Å²) in [6.45, 7) is 6.78. The topological polar surface area (TPSA) is 40.7 Å². The highest BCUT2D eigenvalue weighted by Crippen LogP contribution is 2.21. The van der Waals surface area contributed by atoms with Gasteiger partial charge < -0.3 is 5.32 Å². The predicted octanol–water partition coefficient (Wildman–Crippen LogP) is 4.31. The van der Waals surface area contributed by atoms with Gasteiger partial charge in [0.2, 0.25) is 0 Å². The van der Waals surface area contributed by atoms with E-state index < -0.39 is 0 Å². The van der Waals surface area contributed by atoms with E-state index in [9.17, 15) is 0 Å². The van der Waals surface area contributed by atoms with Gasteiger partial charge in [0.15, 0.2) is 0 Å². The molecule has 2 aromatic rings. The third-order valence-electron chi connectivity index (χ3n) is 3.26. The minimum atomic E-state index is 0.499. The summed E-state index contributed by atoms with van der Waals surface area (Å²) in [7, 11) is 0. The number of benzene rings is 1. The van der Waals surface area contributed by atoms with Crippen LogP contribution in [0.1, 0.15) is 33.6 Å². The van der Waals surface area contributed by atoms with Crippen molar-refractivity contribution in [3.8, 4) is 11.3 Å². The fraction of sp³-hybridized carbons (Fsp3) is 0.438. The number of nitrogens with zero attached hydrogens (tertiary/aromatic N) is 1. The van der Waals surface area contributed by atoms with Gasteiger partial charge in [-0.3, -0.25) is 5.10 Å². The number of hydrogen-bond acceptors (Lipinski definition) is 2. The average Bonchev–Trinajstić information content (AvgIpc) is 2.90. The van der Waals surface area contributed by atoms with E-state index in [1.54, 1.807) is 6.20 Å². The van der Waals surface area contributed by atoms with Gasteiger partial charge >= 0.3 is 0 Å². The fourth-order valence-electron chi connectivity index (χ4n) is 2.13. The molecule has 0 spiro atoms. The zero-order chi connectivity index (χ0) is 13.7. The molecule has 3 heteroatoms. The summed E-state index contributed by atoms with van der Waals surface area (Å²) in [4.78, 5) is 0. The highest BCUT2D eigenvalue weighted by Gasteiger charge is 2.05. The lowest BCUT2D eigenvalue weighted by molar-refractivity contribution is 0.528. The third-order valence-corrected chi connectivity index (χ3v) is 3.26. The maximum atomic E-state index is 3.99. The first kappa shape index (κ1) is 13.7. The Morgan fingerprint density at radius 3 is 2.68 bits per heavy atom. The molecule has 1 atom stereocenters. The van der Waals surface area contributed by atoms with Crippen LogP contribution in [0.25, 0.3) is 11.3 Å². The van der Waals surface area contributed by atoms with Crippen molar-refractivity contribution in [2.75, 3.05) is 5.32 Å². The van der Waals surface area contributed by atoms with Crippen molar-refractivity contribution in [3.05, 3.63) is 36.5 Å². The van der Waals surface area contributed by atoms with Crippen LogP contribution in [0, 0.1) is 5.92 Å². The Kier molecular flexibility index (Phi) is 4.61. The van der Waals surface area contributed by atoms with Gasteiger partial charge in [0.25, 0.3) is 0 Å². The Morgan fingerprint density at radius 1 is 1.16 bits per heavy atom. The molecule has 0 aliphatic carbocycles. The molecule has 0 aliphatic heterocycles. The van der Waals surface area contributed by atoms with E-state index in [1.165, 1.54) is 24.1 Å². The second kappa shape index (κ2) is 6.41. The lowest BCUT2D eigenvalue weighted by Crippen LogP contribution is -2.15. The fourth-order valence-corrected chi connectivity index (χ4v) is 2.13. The Balaban J connectivity index is 1.99. The number of rotatable bonds is 6. The molecular weight excluding hydrogens is 234 g/mol. The quantitative estimate of drug-likeness (QED) is 0.809. The Hall–Kier alpha value is -1.77. The maximum absolute atomic E-state index is 3.99. The van der Waals surface area contributed by atoms with Crippen LogP contribution in [0.2, 0.25) is 0 Å². The number of nitrogens with one attached hydrogen (secondary N) is 2. The average molecular weight is 257 g/mol. The van der Waals surface area contributed by atoms with Crippen molar-refractivity contribution >= 4 is 5.69 Å². The molecule has 1 unspecified atom stereocenters. The van der Waals surface area contributed by atoms with Crippen LogP contribution in [0.4, 0.5) is 5.69 Å². The predicted molar refractivity (Wildman–Crippen MR) is 81.2 cm³/mol. The first-order chi connectivity index (χ1) is 9.15. The van der Waals surface area contributed by atoms with Crippen LogP contribution in [-0.2, 0) is 0 Å². The van der Waals surface area contributed by atoms with E-state index in [0.717, 1.165) is 11.6 Å². The Morgan fingerprint density at radius 2 is 2.00 bits per heavy atom. The van der Waals surface area contributed by atoms with E-state index in [0.29, 0.717) is 6.04 Å². The normalized spacial score (nSPS) is 12.6. The monoisotopic (exact) mass is 257 g/mol. The van der Waals surface area contributed by atoms with Crippen molar-refractivity contribution in [1.82, 2.24) is 10.2 Å². The number of hydrogen-bond donors (Lipinski definition) is 2. The SMILES string of the molecule is CC(C)CCC(C)Nc1cccc(-c2ccn[nH]2)c1. The molecule has 1 aromatic heterocycles. The Bertz CT molecular complexity index is 488. The standard InChI is InChI=1S/C16H23N3/c1-12(2)7-8-13(3)18-15-6-4-5-14(11-15)16-9-10-17-19-16/h4-6,9-13,18H,7-8H2,1-3H3,(H,17,19). The molecule has 0 bridgehead atoms. The number of anilines is 1. The molecule has 19 heavy (non-hydrogen) atoms. The second-order valence-electron chi connectivity index (χ2n) is 5.57. The molecule has 102 valence electrons. The van der Waals surface area contributed by atoms with Gasteiger partial charge in [0.1, 0.15) is 0 Å². The molecule has 2 N–H and O–H groups in total. The summed E-state index contributed by atoms with van der Waals surface area (Å²) >= 11 is 0. The summed E-state index contributed by atoms with van der Waals surface area (Å²) in [6, 6.07) is 10.9. The van der Waals surface area contributed by atoms with Crippen molar-refractivity contribution in [2.45, 2.75) is 39.7 Å². The first-order valence-corrected chi connectivity index (χ1v) is 7.01. The van der Waals surface area contributed by atoms with Gasteiger partial charge in [-0.15, -0.1) is 0 Å². The molecule has 0 amide bonds. The second-order valence-corrected chi connectivity index (χ2v) is 5.57. The third kappa shape index (κ3) is 4.12. The van der Waals surface area contributed by atoms with Gasteiger partial charge in [-0.25, -0.2) is 0 Å². The van der Waals surface area contributed by atoms with Gasteiger partial charge in [0.05, 0.1) is 5.69 Å². The molecule has 0 radical (unpaired) electrons. The van der Waals surface area contributed by atoms with E-state index in [2.05, 4.69) is 60.6 Å². The van der Waals surface area contributed by atoms with E-state index in [1.807, 2.05) is 6.07 Å². The lowest BCUT2D eigenvalue weighted by atomic mass is 10.0. The summed E-state index contributed by atoms with van der Waals surface area (Å²) in [6.07, 6.45) is 4.24. The highest BCUT2D eigenvalue weighted by atomic mass is 15.1.